The van der Waals surface area contributed by atoms with Crippen LogP contribution in [0, 0.1) is 0 Å². The molecule has 0 aliphatic heterocycles. The minimum atomic E-state index is -0.0718. The summed E-state index contributed by atoms with van der Waals surface area (Å²) in [6, 6.07) is 21.7. The minimum absolute atomic E-state index is 0.0718. The lowest BCUT2D eigenvalue weighted by Gasteiger charge is -2.19. The van der Waals surface area contributed by atoms with Crippen LogP contribution in [0.15, 0.2) is 77.4 Å². The fraction of sp³-hybridized carbons (Fsp3) is 0.190. The van der Waals surface area contributed by atoms with Crippen molar-refractivity contribution < 1.29 is 14.1 Å². The van der Waals surface area contributed by atoms with E-state index < -0.39 is 0 Å². The summed E-state index contributed by atoms with van der Waals surface area (Å²) in [6.07, 6.45) is 1.66. The summed E-state index contributed by atoms with van der Waals surface area (Å²) in [5, 5.41) is 3.01. The van der Waals surface area contributed by atoms with Gasteiger partial charge in [-0.25, -0.2) is 0 Å². The first-order valence-electron chi connectivity index (χ1n) is 8.42. The van der Waals surface area contributed by atoms with Crippen molar-refractivity contribution in [1.82, 2.24) is 5.32 Å². The Labute approximate surface area is 148 Å². The highest BCUT2D eigenvalue weighted by molar-refractivity contribution is 5.94. The second-order valence-corrected chi connectivity index (χ2v) is 6.30. The quantitative estimate of drug-likeness (QED) is 0.727. The SMILES string of the molecule is C[NH+](C)[C@@H](CNC(=O)c1ccc(-c2ccccc2)cc1)c1ccco1. The zero-order valence-electron chi connectivity index (χ0n) is 14.5. The second kappa shape index (κ2) is 7.81. The van der Waals surface area contributed by atoms with E-state index in [-0.39, 0.29) is 11.9 Å². The van der Waals surface area contributed by atoms with E-state index >= 15 is 0 Å². The molecule has 0 radical (unpaired) electrons. The Morgan fingerprint density at radius 3 is 2.24 bits per heavy atom. The predicted octanol–water partition coefficient (Wildman–Crippen LogP) is 2.56. The van der Waals surface area contributed by atoms with Gasteiger partial charge in [-0.2, -0.15) is 0 Å². The van der Waals surface area contributed by atoms with Crippen LogP contribution in [0.25, 0.3) is 11.1 Å². The number of carbonyl (C=O) groups is 1. The van der Waals surface area contributed by atoms with Gasteiger partial charge in [0.1, 0.15) is 0 Å². The van der Waals surface area contributed by atoms with Crippen molar-refractivity contribution in [3.05, 3.63) is 84.3 Å². The summed E-state index contributed by atoms with van der Waals surface area (Å²) in [5.41, 5.74) is 2.90. The van der Waals surface area contributed by atoms with Gasteiger partial charge in [-0.05, 0) is 35.4 Å². The normalized spacial score (nSPS) is 12.1. The molecule has 4 heteroatoms. The minimum Gasteiger partial charge on any atom is -0.463 e. The smallest absolute Gasteiger partial charge is 0.251 e. The van der Waals surface area contributed by atoms with E-state index in [4.69, 9.17) is 4.42 Å². The highest BCUT2D eigenvalue weighted by Crippen LogP contribution is 2.19. The fourth-order valence-electron chi connectivity index (χ4n) is 2.82. The average molecular weight is 335 g/mol. The Kier molecular flexibility index (Phi) is 5.31. The molecule has 2 aromatic carbocycles. The van der Waals surface area contributed by atoms with Gasteiger partial charge < -0.3 is 14.6 Å². The lowest BCUT2D eigenvalue weighted by molar-refractivity contribution is -0.891. The van der Waals surface area contributed by atoms with Crippen LogP contribution in [0.3, 0.4) is 0 Å². The molecule has 0 aliphatic rings. The van der Waals surface area contributed by atoms with Gasteiger partial charge in [0, 0.05) is 5.56 Å². The van der Waals surface area contributed by atoms with Crippen molar-refractivity contribution in [3.63, 3.8) is 0 Å². The van der Waals surface area contributed by atoms with Crippen LogP contribution < -0.4 is 10.2 Å². The molecule has 0 spiro atoms. The molecule has 3 aromatic rings. The third-order valence-corrected chi connectivity index (χ3v) is 4.30. The Bertz CT molecular complexity index is 794. The van der Waals surface area contributed by atoms with Crippen molar-refractivity contribution in [2.75, 3.05) is 20.6 Å². The molecule has 0 saturated heterocycles. The Hall–Kier alpha value is -2.85. The molecule has 2 N–H and O–H groups in total. The van der Waals surface area contributed by atoms with Crippen molar-refractivity contribution in [2.45, 2.75) is 6.04 Å². The zero-order chi connectivity index (χ0) is 17.6. The number of amides is 1. The van der Waals surface area contributed by atoms with Gasteiger partial charge in [-0.15, -0.1) is 0 Å². The van der Waals surface area contributed by atoms with E-state index in [1.807, 2.05) is 68.7 Å². The van der Waals surface area contributed by atoms with Crippen LogP contribution in [-0.4, -0.2) is 26.5 Å². The van der Waals surface area contributed by atoms with E-state index in [1.54, 1.807) is 6.26 Å². The van der Waals surface area contributed by atoms with Crippen LogP contribution in [0.4, 0.5) is 0 Å². The third kappa shape index (κ3) is 4.17. The van der Waals surface area contributed by atoms with E-state index in [0.29, 0.717) is 12.1 Å². The molecule has 1 atom stereocenters. The average Bonchev–Trinajstić information content (AvgIpc) is 3.16. The lowest BCUT2D eigenvalue weighted by atomic mass is 10.0. The second-order valence-electron chi connectivity index (χ2n) is 6.30. The summed E-state index contributed by atoms with van der Waals surface area (Å²) in [4.78, 5) is 13.6. The molecule has 25 heavy (non-hydrogen) atoms. The van der Waals surface area contributed by atoms with Crippen molar-refractivity contribution in [3.8, 4) is 11.1 Å². The van der Waals surface area contributed by atoms with Gasteiger partial charge in [0.2, 0.25) is 0 Å². The van der Waals surface area contributed by atoms with Gasteiger partial charge in [0.25, 0.3) is 5.91 Å². The van der Waals surface area contributed by atoms with Gasteiger partial charge >= 0.3 is 0 Å². The first-order valence-corrected chi connectivity index (χ1v) is 8.42. The highest BCUT2D eigenvalue weighted by atomic mass is 16.3. The van der Waals surface area contributed by atoms with E-state index in [1.165, 1.54) is 4.90 Å². The Morgan fingerprint density at radius 1 is 0.960 bits per heavy atom. The number of likely N-dealkylation sites (N-methyl/N-ethyl adjacent to an activating group) is 1. The number of furan rings is 1. The molecule has 3 rings (SSSR count). The van der Waals surface area contributed by atoms with Crippen LogP contribution in [-0.2, 0) is 0 Å². The van der Waals surface area contributed by atoms with Crippen LogP contribution >= 0.6 is 0 Å². The van der Waals surface area contributed by atoms with Crippen molar-refractivity contribution in [2.24, 2.45) is 0 Å². The van der Waals surface area contributed by atoms with E-state index in [9.17, 15) is 4.79 Å². The van der Waals surface area contributed by atoms with Crippen molar-refractivity contribution in [1.29, 1.82) is 0 Å². The number of hydrogen-bond acceptors (Lipinski definition) is 2. The molecule has 0 aliphatic carbocycles. The molecule has 0 unspecified atom stereocenters. The van der Waals surface area contributed by atoms with Gasteiger partial charge in [0.05, 0.1) is 26.9 Å². The fourth-order valence-corrected chi connectivity index (χ4v) is 2.82. The zero-order valence-corrected chi connectivity index (χ0v) is 14.5. The first-order chi connectivity index (χ1) is 12.1. The molecule has 0 bridgehead atoms. The van der Waals surface area contributed by atoms with E-state index in [0.717, 1.165) is 16.9 Å². The topological polar surface area (TPSA) is 46.7 Å². The Morgan fingerprint density at radius 2 is 1.64 bits per heavy atom. The first kappa shape index (κ1) is 17.0. The number of benzene rings is 2. The molecule has 4 nitrogen and oxygen atoms in total. The lowest BCUT2D eigenvalue weighted by Crippen LogP contribution is -3.07. The number of hydrogen-bond donors (Lipinski definition) is 2. The number of rotatable bonds is 6. The maximum Gasteiger partial charge on any atom is 0.251 e. The predicted molar refractivity (Wildman–Crippen MR) is 98.5 cm³/mol. The molecule has 1 amide bonds. The van der Waals surface area contributed by atoms with Crippen LogP contribution in [0.1, 0.15) is 22.2 Å². The molecule has 128 valence electrons. The monoisotopic (exact) mass is 335 g/mol. The van der Waals surface area contributed by atoms with E-state index in [2.05, 4.69) is 17.4 Å². The summed E-state index contributed by atoms with van der Waals surface area (Å²) in [6.45, 7) is 0.523. The van der Waals surface area contributed by atoms with Crippen LogP contribution in [0.5, 0.6) is 0 Å². The standard InChI is InChI=1S/C21H22N2O2/c1-23(2)19(20-9-6-14-25-20)15-22-21(24)18-12-10-17(11-13-18)16-7-4-3-5-8-16/h3-14,19H,15H2,1-2H3,(H,22,24)/p+1/t19-/m0/s1. The Balaban J connectivity index is 1.65. The maximum atomic E-state index is 12.4. The third-order valence-electron chi connectivity index (χ3n) is 4.30. The highest BCUT2D eigenvalue weighted by Gasteiger charge is 2.21. The van der Waals surface area contributed by atoms with Gasteiger partial charge in [0.15, 0.2) is 11.8 Å². The number of nitrogens with one attached hydrogen (secondary N) is 2. The summed E-state index contributed by atoms with van der Waals surface area (Å²) < 4.78 is 5.49. The molecular weight excluding hydrogens is 312 g/mol. The molecule has 0 saturated carbocycles. The molecule has 1 heterocycles. The van der Waals surface area contributed by atoms with Crippen LogP contribution in [0.2, 0.25) is 0 Å². The number of carbonyl (C=O) groups excluding carboxylic acids is 1. The molecule has 0 fully saturated rings. The summed E-state index contributed by atoms with van der Waals surface area (Å²) >= 11 is 0. The summed E-state index contributed by atoms with van der Waals surface area (Å²) in [7, 11) is 4.10. The maximum absolute atomic E-state index is 12.4. The molecular formula is C21H23N2O2+. The summed E-state index contributed by atoms with van der Waals surface area (Å²) in [5.74, 6) is 0.803. The van der Waals surface area contributed by atoms with Gasteiger partial charge in [-0.1, -0.05) is 42.5 Å². The number of quaternary nitrogens is 1. The van der Waals surface area contributed by atoms with Gasteiger partial charge in [-0.3, -0.25) is 4.79 Å². The van der Waals surface area contributed by atoms with Crippen molar-refractivity contribution >= 4 is 5.91 Å². The molecule has 1 aromatic heterocycles. The largest absolute Gasteiger partial charge is 0.463 e.